The maximum Gasteiger partial charge on any atom is 0.408 e. The van der Waals surface area contributed by atoms with Gasteiger partial charge in [-0.15, -0.1) is 0 Å². The molecule has 1 aromatic heterocycles. The Bertz CT molecular complexity index is 1410. The van der Waals surface area contributed by atoms with E-state index in [9.17, 15) is 19.5 Å². The van der Waals surface area contributed by atoms with E-state index in [-0.39, 0.29) is 35.0 Å². The number of nitrogens with one attached hydrogen (secondary N) is 1. The van der Waals surface area contributed by atoms with Crippen LogP contribution in [0, 0.1) is 5.92 Å². The summed E-state index contributed by atoms with van der Waals surface area (Å²) in [6, 6.07) is 17.3. The van der Waals surface area contributed by atoms with Gasteiger partial charge >= 0.3 is 12.1 Å². The SMILES string of the molecule is CC(C)C(NC(=O)OCc1ccccc1)C(=O)Oc1cc(O)c2c(=O)c3ccccc3oc2c1. The van der Waals surface area contributed by atoms with E-state index in [0.717, 1.165) is 11.6 Å². The highest BCUT2D eigenvalue weighted by Crippen LogP contribution is 2.30. The van der Waals surface area contributed by atoms with E-state index in [1.54, 1.807) is 38.1 Å². The van der Waals surface area contributed by atoms with Crippen molar-refractivity contribution in [2.45, 2.75) is 26.5 Å². The first kappa shape index (κ1) is 22.8. The topological polar surface area (TPSA) is 115 Å². The van der Waals surface area contributed by atoms with E-state index < -0.39 is 23.5 Å². The largest absolute Gasteiger partial charge is 0.507 e. The van der Waals surface area contributed by atoms with E-state index in [0.29, 0.717) is 11.0 Å². The van der Waals surface area contributed by atoms with E-state index in [2.05, 4.69) is 5.32 Å². The molecule has 0 aliphatic rings. The van der Waals surface area contributed by atoms with Gasteiger partial charge in [-0.3, -0.25) is 4.79 Å². The number of ether oxygens (including phenoxy) is 2. The average molecular weight is 461 g/mol. The highest BCUT2D eigenvalue weighted by molar-refractivity contribution is 5.94. The van der Waals surface area contributed by atoms with Crippen molar-refractivity contribution < 1.29 is 28.6 Å². The molecule has 1 atom stereocenters. The lowest BCUT2D eigenvalue weighted by Crippen LogP contribution is -2.46. The van der Waals surface area contributed by atoms with Gasteiger partial charge in [-0.05, 0) is 23.6 Å². The third-order valence-corrected chi connectivity index (χ3v) is 5.26. The van der Waals surface area contributed by atoms with Crippen LogP contribution < -0.4 is 15.5 Å². The Labute approximate surface area is 194 Å². The van der Waals surface area contributed by atoms with Crippen LogP contribution in [0.25, 0.3) is 21.9 Å². The number of alkyl carbamates (subject to hydrolysis) is 1. The molecule has 0 saturated carbocycles. The van der Waals surface area contributed by atoms with Crippen molar-refractivity contribution in [2.24, 2.45) is 5.92 Å². The van der Waals surface area contributed by atoms with Crippen LogP contribution in [0.2, 0.25) is 0 Å². The smallest absolute Gasteiger partial charge is 0.408 e. The van der Waals surface area contributed by atoms with Gasteiger partial charge in [0.05, 0.1) is 5.39 Å². The van der Waals surface area contributed by atoms with E-state index >= 15 is 0 Å². The number of hydrogen-bond donors (Lipinski definition) is 2. The van der Waals surface area contributed by atoms with Crippen LogP contribution in [0.15, 0.2) is 75.9 Å². The standard InChI is InChI=1S/C26H23NO7/c1-15(2)23(27-26(31)32-14-16-8-4-3-5-9-16)25(30)33-17-12-19(28)22-21(13-17)34-20-11-7-6-10-18(20)24(22)29/h3-13,15,23,28H,14H2,1-2H3,(H,27,31). The van der Waals surface area contributed by atoms with Gasteiger partial charge in [0.1, 0.15) is 40.7 Å². The third kappa shape index (κ3) is 4.85. The highest BCUT2D eigenvalue weighted by Gasteiger charge is 2.27. The Hall–Kier alpha value is -4.33. The Morgan fingerprint density at radius 3 is 2.44 bits per heavy atom. The highest BCUT2D eigenvalue weighted by atomic mass is 16.6. The molecule has 0 bridgehead atoms. The molecule has 3 aromatic carbocycles. The Morgan fingerprint density at radius 1 is 1.00 bits per heavy atom. The fraction of sp³-hybridized carbons (Fsp3) is 0.192. The predicted molar refractivity (Wildman–Crippen MR) is 126 cm³/mol. The number of hydrogen-bond acceptors (Lipinski definition) is 7. The number of aromatic hydroxyl groups is 1. The van der Waals surface area contributed by atoms with Crippen molar-refractivity contribution in [3.8, 4) is 11.5 Å². The van der Waals surface area contributed by atoms with Gasteiger partial charge in [0.15, 0.2) is 0 Å². The number of amides is 1. The molecule has 0 aliphatic carbocycles. The maximum absolute atomic E-state index is 12.8. The molecule has 4 rings (SSSR count). The summed E-state index contributed by atoms with van der Waals surface area (Å²) in [6.07, 6.45) is -0.765. The lowest BCUT2D eigenvalue weighted by molar-refractivity contribution is -0.137. The zero-order valence-electron chi connectivity index (χ0n) is 18.6. The zero-order chi connectivity index (χ0) is 24.2. The summed E-state index contributed by atoms with van der Waals surface area (Å²) in [5.74, 6) is -1.48. The summed E-state index contributed by atoms with van der Waals surface area (Å²) in [4.78, 5) is 37.8. The summed E-state index contributed by atoms with van der Waals surface area (Å²) in [6.45, 7) is 3.54. The summed E-state index contributed by atoms with van der Waals surface area (Å²) >= 11 is 0. The van der Waals surface area contributed by atoms with Crippen LogP contribution in [0.1, 0.15) is 19.4 Å². The van der Waals surface area contributed by atoms with Gasteiger partial charge < -0.3 is 24.3 Å². The molecule has 0 fully saturated rings. The van der Waals surface area contributed by atoms with Crippen LogP contribution in [0.5, 0.6) is 11.5 Å². The van der Waals surface area contributed by atoms with Crippen LogP contribution >= 0.6 is 0 Å². The van der Waals surface area contributed by atoms with Crippen LogP contribution in [-0.2, 0) is 16.1 Å². The fourth-order valence-corrected chi connectivity index (χ4v) is 3.51. The fourth-order valence-electron chi connectivity index (χ4n) is 3.51. The minimum atomic E-state index is -1.01. The molecule has 4 aromatic rings. The number of carbonyl (C=O) groups excluding carboxylic acids is 2. The van der Waals surface area contributed by atoms with Crippen LogP contribution in [-0.4, -0.2) is 23.2 Å². The van der Waals surface area contributed by atoms with Gasteiger partial charge in [0.25, 0.3) is 0 Å². The molecule has 0 spiro atoms. The second kappa shape index (κ2) is 9.66. The number of benzene rings is 3. The molecule has 2 N–H and O–H groups in total. The lowest BCUT2D eigenvalue weighted by atomic mass is 10.1. The second-order valence-corrected chi connectivity index (χ2v) is 8.09. The summed E-state index contributed by atoms with van der Waals surface area (Å²) in [7, 11) is 0. The number of phenolic OH excluding ortho intramolecular Hbond substituents is 1. The van der Waals surface area contributed by atoms with Crippen molar-refractivity contribution in [1.82, 2.24) is 5.32 Å². The summed E-state index contributed by atoms with van der Waals surface area (Å²) < 4.78 is 16.3. The third-order valence-electron chi connectivity index (χ3n) is 5.26. The lowest BCUT2D eigenvalue weighted by Gasteiger charge is -2.20. The molecule has 174 valence electrons. The van der Waals surface area contributed by atoms with Crippen molar-refractivity contribution >= 4 is 34.0 Å². The molecule has 1 amide bonds. The van der Waals surface area contributed by atoms with Crippen LogP contribution in [0.3, 0.4) is 0 Å². The van der Waals surface area contributed by atoms with Crippen molar-refractivity contribution in [3.05, 3.63) is 82.5 Å². The van der Waals surface area contributed by atoms with Gasteiger partial charge in [-0.2, -0.15) is 0 Å². The molecule has 0 saturated heterocycles. The van der Waals surface area contributed by atoms with Gasteiger partial charge in [-0.1, -0.05) is 56.3 Å². The minimum absolute atomic E-state index is 0.0125. The minimum Gasteiger partial charge on any atom is -0.507 e. The molecule has 0 aliphatic heterocycles. The molecule has 1 unspecified atom stereocenters. The van der Waals surface area contributed by atoms with E-state index in [4.69, 9.17) is 13.9 Å². The molecule has 1 heterocycles. The first-order chi connectivity index (χ1) is 16.3. The number of phenols is 1. The maximum atomic E-state index is 12.8. The first-order valence-electron chi connectivity index (χ1n) is 10.7. The van der Waals surface area contributed by atoms with Gasteiger partial charge in [0, 0.05) is 12.1 Å². The normalized spacial score (nSPS) is 12.0. The van der Waals surface area contributed by atoms with Crippen molar-refractivity contribution in [1.29, 1.82) is 0 Å². The quantitative estimate of drug-likeness (QED) is 0.247. The molecule has 0 radical (unpaired) electrons. The first-order valence-corrected chi connectivity index (χ1v) is 10.7. The van der Waals surface area contributed by atoms with E-state index in [1.165, 1.54) is 6.07 Å². The summed E-state index contributed by atoms with van der Waals surface area (Å²) in [5, 5.41) is 13.3. The Balaban J connectivity index is 1.52. The van der Waals surface area contributed by atoms with E-state index in [1.807, 2.05) is 30.3 Å². The number of rotatable bonds is 6. The monoisotopic (exact) mass is 461 g/mol. The molecule has 34 heavy (non-hydrogen) atoms. The molecular formula is C26H23NO7. The van der Waals surface area contributed by atoms with Gasteiger partial charge in [0.2, 0.25) is 5.43 Å². The predicted octanol–water partition coefficient (Wildman–Crippen LogP) is 4.51. The average Bonchev–Trinajstić information content (AvgIpc) is 2.81. The Kier molecular flexibility index (Phi) is 6.49. The zero-order valence-corrected chi connectivity index (χ0v) is 18.6. The second-order valence-electron chi connectivity index (χ2n) is 8.09. The molecular weight excluding hydrogens is 438 g/mol. The number of carbonyl (C=O) groups is 2. The summed E-state index contributed by atoms with van der Waals surface area (Å²) in [5.41, 5.74) is 0.825. The number of fused-ring (bicyclic) bond motifs is 2. The van der Waals surface area contributed by atoms with Crippen molar-refractivity contribution in [2.75, 3.05) is 0 Å². The van der Waals surface area contributed by atoms with Crippen molar-refractivity contribution in [3.63, 3.8) is 0 Å². The Morgan fingerprint density at radius 2 is 1.71 bits per heavy atom. The molecule has 8 nitrogen and oxygen atoms in total. The van der Waals surface area contributed by atoms with Gasteiger partial charge in [-0.25, -0.2) is 9.59 Å². The number of esters is 1. The molecule has 8 heteroatoms. The number of para-hydroxylation sites is 1. The van der Waals surface area contributed by atoms with Crippen LogP contribution in [0.4, 0.5) is 4.79 Å².